The van der Waals surface area contributed by atoms with Crippen LogP contribution in [0.15, 0.2) is 48.5 Å². The number of hydrogen-bond acceptors (Lipinski definition) is 2. The fourth-order valence-corrected chi connectivity index (χ4v) is 2.33. The molecule has 0 fully saturated rings. The van der Waals surface area contributed by atoms with Crippen molar-refractivity contribution in [2.24, 2.45) is 0 Å². The maximum absolute atomic E-state index is 5.86. The van der Waals surface area contributed by atoms with Crippen LogP contribution in [-0.4, -0.2) is 7.05 Å². The molecule has 0 saturated carbocycles. The third-order valence-corrected chi connectivity index (χ3v) is 3.52. The first-order valence-corrected chi connectivity index (χ1v) is 7.76. The van der Waals surface area contributed by atoms with Crippen LogP contribution in [0.2, 0.25) is 0 Å². The fraction of sp³-hybridized carbons (Fsp3) is 0.368. The van der Waals surface area contributed by atoms with Gasteiger partial charge in [-0.05, 0) is 48.7 Å². The van der Waals surface area contributed by atoms with E-state index in [2.05, 4.69) is 60.8 Å². The van der Waals surface area contributed by atoms with Crippen LogP contribution in [0.3, 0.4) is 0 Å². The molecule has 0 radical (unpaired) electrons. The second-order valence-corrected chi connectivity index (χ2v) is 5.39. The van der Waals surface area contributed by atoms with E-state index in [-0.39, 0.29) is 0 Å². The van der Waals surface area contributed by atoms with E-state index in [1.807, 2.05) is 7.05 Å². The Morgan fingerprint density at radius 2 is 1.71 bits per heavy atom. The highest BCUT2D eigenvalue weighted by Crippen LogP contribution is 2.16. The lowest BCUT2D eigenvalue weighted by atomic mass is 10.1. The summed E-state index contributed by atoms with van der Waals surface area (Å²) in [4.78, 5) is 0. The highest BCUT2D eigenvalue weighted by atomic mass is 16.5. The summed E-state index contributed by atoms with van der Waals surface area (Å²) in [5.41, 5.74) is 3.88. The molecule has 0 bridgehead atoms. The van der Waals surface area contributed by atoms with E-state index in [4.69, 9.17) is 4.74 Å². The van der Waals surface area contributed by atoms with Crippen molar-refractivity contribution in [1.29, 1.82) is 0 Å². The molecule has 21 heavy (non-hydrogen) atoms. The quantitative estimate of drug-likeness (QED) is 0.778. The molecule has 0 saturated heterocycles. The van der Waals surface area contributed by atoms with Crippen LogP contribution < -0.4 is 10.1 Å². The van der Waals surface area contributed by atoms with Gasteiger partial charge in [0.15, 0.2) is 0 Å². The molecule has 1 N–H and O–H groups in total. The lowest BCUT2D eigenvalue weighted by molar-refractivity contribution is 0.306. The van der Waals surface area contributed by atoms with Crippen molar-refractivity contribution in [2.75, 3.05) is 7.05 Å². The highest BCUT2D eigenvalue weighted by molar-refractivity contribution is 5.28. The van der Waals surface area contributed by atoms with E-state index in [0.29, 0.717) is 6.61 Å². The molecule has 0 aliphatic carbocycles. The molecule has 2 aromatic rings. The van der Waals surface area contributed by atoms with Gasteiger partial charge in [-0.3, -0.25) is 0 Å². The highest BCUT2D eigenvalue weighted by Gasteiger charge is 1.99. The van der Waals surface area contributed by atoms with E-state index in [0.717, 1.165) is 18.7 Å². The second kappa shape index (κ2) is 8.48. The van der Waals surface area contributed by atoms with Gasteiger partial charge >= 0.3 is 0 Å². The summed E-state index contributed by atoms with van der Waals surface area (Å²) < 4.78 is 5.86. The first-order valence-electron chi connectivity index (χ1n) is 7.76. The molecule has 0 amide bonds. The zero-order valence-electron chi connectivity index (χ0n) is 13.1. The van der Waals surface area contributed by atoms with Crippen molar-refractivity contribution in [1.82, 2.24) is 5.32 Å². The van der Waals surface area contributed by atoms with Crippen LogP contribution in [-0.2, 0) is 19.6 Å². The zero-order chi connectivity index (χ0) is 14.9. The molecule has 0 aliphatic heterocycles. The van der Waals surface area contributed by atoms with Crippen molar-refractivity contribution in [2.45, 2.75) is 39.3 Å². The van der Waals surface area contributed by atoms with Gasteiger partial charge in [-0.15, -0.1) is 0 Å². The average Bonchev–Trinajstić information content (AvgIpc) is 2.53. The summed E-state index contributed by atoms with van der Waals surface area (Å²) >= 11 is 0. The van der Waals surface area contributed by atoms with Crippen LogP contribution in [0, 0.1) is 0 Å². The SMILES string of the molecule is CCCCc1ccc(OCc2cccc(CNC)c2)cc1. The summed E-state index contributed by atoms with van der Waals surface area (Å²) in [7, 11) is 1.96. The largest absolute Gasteiger partial charge is 0.489 e. The van der Waals surface area contributed by atoms with E-state index >= 15 is 0 Å². The van der Waals surface area contributed by atoms with Crippen LogP contribution in [0.25, 0.3) is 0 Å². The van der Waals surface area contributed by atoms with Crippen molar-refractivity contribution in [3.63, 3.8) is 0 Å². The van der Waals surface area contributed by atoms with Crippen molar-refractivity contribution in [3.05, 3.63) is 65.2 Å². The van der Waals surface area contributed by atoms with Gasteiger partial charge < -0.3 is 10.1 Å². The minimum absolute atomic E-state index is 0.617. The Balaban J connectivity index is 1.88. The predicted octanol–water partition coefficient (Wildman–Crippen LogP) is 4.33. The lowest BCUT2D eigenvalue weighted by Gasteiger charge is -2.09. The van der Waals surface area contributed by atoms with Gasteiger partial charge in [-0.25, -0.2) is 0 Å². The first kappa shape index (κ1) is 15.6. The van der Waals surface area contributed by atoms with E-state index < -0.39 is 0 Å². The van der Waals surface area contributed by atoms with Gasteiger partial charge in [0.05, 0.1) is 0 Å². The van der Waals surface area contributed by atoms with Crippen molar-refractivity contribution in [3.8, 4) is 5.75 Å². The normalized spacial score (nSPS) is 10.6. The molecule has 2 nitrogen and oxygen atoms in total. The molecule has 0 aromatic heterocycles. The summed E-state index contributed by atoms with van der Waals surface area (Å²) in [6.45, 7) is 3.73. The predicted molar refractivity (Wildman–Crippen MR) is 88.6 cm³/mol. The minimum atomic E-state index is 0.617. The molecule has 0 heterocycles. The number of benzene rings is 2. The third-order valence-electron chi connectivity index (χ3n) is 3.52. The standard InChI is InChI=1S/C19H25NO/c1-3-4-6-16-9-11-19(12-10-16)21-15-18-8-5-7-17(13-18)14-20-2/h5,7-13,20H,3-4,6,14-15H2,1-2H3. The molecule has 2 aromatic carbocycles. The summed E-state index contributed by atoms with van der Waals surface area (Å²) in [5, 5.41) is 3.17. The smallest absolute Gasteiger partial charge is 0.119 e. The van der Waals surface area contributed by atoms with E-state index in [1.54, 1.807) is 0 Å². The van der Waals surface area contributed by atoms with Gasteiger partial charge in [-0.2, -0.15) is 0 Å². The van der Waals surface area contributed by atoms with Gasteiger partial charge in [-0.1, -0.05) is 49.7 Å². The second-order valence-electron chi connectivity index (χ2n) is 5.39. The lowest BCUT2D eigenvalue weighted by Crippen LogP contribution is -2.05. The van der Waals surface area contributed by atoms with Gasteiger partial charge in [0, 0.05) is 6.54 Å². The van der Waals surface area contributed by atoms with Crippen molar-refractivity contribution >= 4 is 0 Å². The van der Waals surface area contributed by atoms with Gasteiger partial charge in [0.1, 0.15) is 12.4 Å². The number of nitrogens with one attached hydrogen (secondary N) is 1. The zero-order valence-corrected chi connectivity index (χ0v) is 13.1. The van der Waals surface area contributed by atoms with Crippen LogP contribution >= 0.6 is 0 Å². The molecular formula is C19H25NO. The molecule has 112 valence electrons. The fourth-order valence-electron chi connectivity index (χ4n) is 2.33. The summed E-state index contributed by atoms with van der Waals surface area (Å²) in [5.74, 6) is 0.939. The number of unbranched alkanes of at least 4 members (excludes halogenated alkanes) is 1. The Morgan fingerprint density at radius 1 is 0.952 bits per heavy atom. The number of rotatable bonds is 8. The van der Waals surface area contributed by atoms with Crippen molar-refractivity contribution < 1.29 is 4.74 Å². The molecule has 2 heteroatoms. The minimum Gasteiger partial charge on any atom is -0.489 e. The number of aryl methyl sites for hydroxylation is 1. The monoisotopic (exact) mass is 283 g/mol. The first-order chi connectivity index (χ1) is 10.3. The summed E-state index contributed by atoms with van der Waals surface area (Å²) in [6.07, 6.45) is 3.64. The molecule has 0 spiro atoms. The molecule has 0 atom stereocenters. The topological polar surface area (TPSA) is 21.3 Å². The Bertz CT molecular complexity index is 534. The van der Waals surface area contributed by atoms with Gasteiger partial charge in [0.2, 0.25) is 0 Å². The van der Waals surface area contributed by atoms with E-state index in [9.17, 15) is 0 Å². The summed E-state index contributed by atoms with van der Waals surface area (Å²) in [6, 6.07) is 17.0. The number of ether oxygens (including phenoxy) is 1. The van der Waals surface area contributed by atoms with Crippen LogP contribution in [0.5, 0.6) is 5.75 Å². The number of hydrogen-bond donors (Lipinski definition) is 1. The Labute approximate surface area is 128 Å². The molecular weight excluding hydrogens is 258 g/mol. The maximum Gasteiger partial charge on any atom is 0.119 e. The third kappa shape index (κ3) is 5.24. The van der Waals surface area contributed by atoms with Gasteiger partial charge in [0.25, 0.3) is 0 Å². The Morgan fingerprint density at radius 3 is 2.43 bits per heavy atom. The average molecular weight is 283 g/mol. The molecule has 0 aliphatic rings. The van der Waals surface area contributed by atoms with Crippen LogP contribution in [0.4, 0.5) is 0 Å². The molecule has 2 rings (SSSR count). The van der Waals surface area contributed by atoms with E-state index in [1.165, 1.54) is 29.5 Å². The Kier molecular flexibility index (Phi) is 6.29. The van der Waals surface area contributed by atoms with Crippen LogP contribution in [0.1, 0.15) is 36.5 Å². The Hall–Kier alpha value is -1.80. The molecule has 0 unspecified atom stereocenters. The maximum atomic E-state index is 5.86.